The number of aliphatic hydroxyl groups excluding tert-OH is 1. The number of aromatic nitrogens is 3. The third kappa shape index (κ3) is 4.22. The Morgan fingerprint density at radius 2 is 1.88 bits per heavy atom. The van der Waals surface area contributed by atoms with Crippen LogP contribution in [-0.2, 0) is 29.9 Å². The van der Waals surface area contributed by atoms with Crippen molar-refractivity contribution >= 4 is 11.6 Å². The van der Waals surface area contributed by atoms with Crippen LogP contribution in [0.2, 0.25) is 0 Å². The highest BCUT2D eigenvalue weighted by Crippen LogP contribution is 2.45. The molecule has 0 radical (unpaired) electrons. The van der Waals surface area contributed by atoms with Crippen LogP contribution in [0.25, 0.3) is 0 Å². The molecule has 2 aromatic carbocycles. The second-order valence-electron chi connectivity index (χ2n) is 8.11. The van der Waals surface area contributed by atoms with Gasteiger partial charge in [-0.05, 0) is 18.1 Å². The second kappa shape index (κ2) is 9.46. The quantitative estimate of drug-likeness (QED) is 0.508. The summed E-state index contributed by atoms with van der Waals surface area (Å²) in [5, 5.41) is 28.7. The summed E-state index contributed by atoms with van der Waals surface area (Å²) in [4.78, 5) is 15.1. The maximum Gasteiger partial charge on any atom is 0.264 e. The van der Waals surface area contributed by atoms with E-state index in [4.69, 9.17) is 5.11 Å². The van der Waals surface area contributed by atoms with E-state index in [0.29, 0.717) is 31.5 Å². The van der Waals surface area contributed by atoms with Crippen LogP contribution < -0.4 is 4.90 Å². The van der Waals surface area contributed by atoms with E-state index in [0.717, 1.165) is 16.9 Å². The number of hydrogen-bond donors (Lipinski definition) is 2. The van der Waals surface area contributed by atoms with Gasteiger partial charge in [-0.3, -0.25) is 9.48 Å². The minimum Gasteiger partial charge on any atom is -0.396 e. The molecule has 0 fully saturated rings. The Hall–Kier alpha value is -3.29. The molecule has 2 atom stereocenters. The van der Waals surface area contributed by atoms with Crippen molar-refractivity contribution in [2.75, 3.05) is 11.5 Å². The molecular weight excluding hydrogens is 404 g/mol. The number of hydrogen-bond acceptors (Lipinski definition) is 5. The van der Waals surface area contributed by atoms with Crippen LogP contribution in [0, 0.1) is 5.92 Å². The zero-order valence-electron chi connectivity index (χ0n) is 18.1. The van der Waals surface area contributed by atoms with E-state index in [-0.39, 0.29) is 12.5 Å². The summed E-state index contributed by atoms with van der Waals surface area (Å²) in [5.41, 5.74) is 1.55. The summed E-state index contributed by atoms with van der Waals surface area (Å²) in [7, 11) is 0. The molecule has 0 unspecified atom stereocenters. The monoisotopic (exact) mass is 432 g/mol. The van der Waals surface area contributed by atoms with E-state index >= 15 is 0 Å². The van der Waals surface area contributed by atoms with Crippen molar-refractivity contribution in [1.29, 1.82) is 0 Å². The lowest BCUT2D eigenvalue weighted by Crippen LogP contribution is -2.44. The highest BCUT2D eigenvalue weighted by Gasteiger charge is 2.52. The van der Waals surface area contributed by atoms with Crippen molar-refractivity contribution in [1.82, 2.24) is 15.0 Å². The third-order valence-electron chi connectivity index (χ3n) is 5.92. The molecule has 166 valence electrons. The Balaban J connectivity index is 1.48. The Labute approximate surface area is 187 Å². The fourth-order valence-electron chi connectivity index (χ4n) is 4.15. The number of carbonyl (C=O) groups excluding carboxylic acids is 1. The van der Waals surface area contributed by atoms with Crippen molar-refractivity contribution in [2.45, 2.75) is 38.5 Å². The Kier molecular flexibility index (Phi) is 6.48. The predicted molar refractivity (Wildman–Crippen MR) is 122 cm³/mol. The number of amides is 1. The molecule has 0 bridgehead atoms. The number of anilines is 1. The maximum atomic E-state index is 13.4. The van der Waals surface area contributed by atoms with E-state index < -0.39 is 11.5 Å². The number of aryl methyl sites for hydroxylation is 1. The lowest BCUT2D eigenvalue weighted by atomic mass is 9.83. The van der Waals surface area contributed by atoms with Gasteiger partial charge in [-0.1, -0.05) is 72.8 Å². The van der Waals surface area contributed by atoms with Gasteiger partial charge >= 0.3 is 0 Å². The summed E-state index contributed by atoms with van der Waals surface area (Å²) in [6, 6.07) is 17.3. The van der Waals surface area contributed by atoms with Crippen molar-refractivity contribution < 1.29 is 15.0 Å². The fraction of sp³-hybridized carbons (Fsp3) is 0.320. The van der Waals surface area contributed by atoms with Crippen LogP contribution in [0.15, 0.2) is 72.9 Å². The number of aliphatic hydroxyl groups is 2. The normalized spacial score (nSPS) is 19.0. The van der Waals surface area contributed by atoms with Crippen LogP contribution in [0.4, 0.5) is 5.69 Å². The average Bonchev–Trinajstić information content (AvgIpc) is 3.35. The van der Waals surface area contributed by atoms with Crippen molar-refractivity contribution in [3.63, 3.8) is 0 Å². The van der Waals surface area contributed by atoms with Gasteiger partial charge in [0, 0.05) is 37.3 Å². The number of benzene rings is 2. The minimum atomic E-state index is -1.61. The number of allylic oxidation sites excluding steroid dienone is 1. The molecule has 4 rings (SSSR count). The van der Waals surface area contributed by atoms with Gasteiger partial charge in [0.15, 0.2) is 5.60 Å². The predicted octanol–water partition coefficient (Wildman–Crippen LogP) is 2.83. The van der Waals surface area contributed by atoms with Gasteiger partial charge in [0.2, 0.25) is 0 Å². The molecule has 0 saturated heterocycles. The molecule has 0 spiro atoms. The zero-order valence-corrected chi connectivity index (χ0v) is 18.1. The van der Waals surface area contributed by atoms with Gasteiger partial charge in [-0.15, -0.1) is 5.10 Å². The van der Waals surface area contributed by atoms with Gasteiger partial charge in [0.1, 0.15) is 0 Å². The number of fused-ring (bicyclic) bond motifs is 1. The highest BCUT2D eigenvalue weighted by atomic mass is 16.3. The van der Waals surface area contributed by atoms with Crippen molar-refractivity contribution in [3.05, 3.63) is 89.8 Å². The zero-order chi connectivity index (χ0) is 22.6. The Bertz CT molecular complexity index is 1100. The molecule has 7 nitrogen and oxygen atoms in total. The van der Waals surface area contributed by atoms with E-state index in [1.807, 2.05) is 79.9 Å². The number of nitrogens with zero attached hydrogens (tertiary/aromatic N) is 4. The second-order valence-corrected chi connectivity index (χ2v) is 8.11. The van der Waals surface area contributed by atoms with Gasteiger partial charge in [0.25, 0.3) is 5.91 Å². The van der Waals surface area contributed by atoms with Gasteiger partial charge in [-0.2, -0.15) is 0 Å². The molecule has 0 aliphatic carbocycles. The molecular formula is C25H28N4O3. The standard InChI is InChI=1S/C25H28N4O3/c1-19(9-7-8-15-28-18-21(14-16-30)26-27-28)25(32)22-12-5-6-13-23(22)29(24(25)31)17-20-10-3-2-4-11-20/h2-7,9-13,18-19,30,32H,8,14-17H2,1H3/b9-7+/t19-,25+/m1/s1. The Morgan fingerprint density at radius 1 is 1.12 bits per heavy atom. The van der Waals surface area contributed by atoms with E-state index in [1.165, 1.54) is 0 Å². The molecule has 1 aromatic heterocycles. The first kappa shape index (κ1) is 21.9. The molecule has 3 aromatic rings. The summed E-state index contributed by atoms with van der Waals surface area (Å²) in [5.74, 6) is -0.706. The maximum absolute atomic E-state index is 13.4. The lowest BCUT2D eigenvalue weighted by Gasteiger charge is -2.27. The van der Waals surface area contributed by atoms with Crippen LogP contribution in [0.1, 0.15) is 30.2 Å². The fourth-order valence-corrected chi connectivity index (χ4v) is 4.15. The SMILES string of the molecule is C[C@H](/C=C/CCn1cc(CCO)nn1)[C@@]1(O)C(=O)N(Cc2ccccc2)c2ccccc21. The molecule has 1 aliphatic rings. The highest BCUT2D eigenvalue weighted by molar-refractivity contribution is 6.07. The minimum absolute atomic E-state index is 0.0471. The molecule has 1 amide bonds. The van der Waals surface area contributed by atoms with Crippen LogP contribution in [0.3, 0.4) is 0 Å². The number of para-hydroxylation sites is 1. The van der Waals surface area contributed by atoms with Gasteiger partial charge < -0.3 is 15.1 Å². The molecule has 7 heteroatoms. The molecule has 2 heterocycles. The van der Waals surface area contributed by atoms with Crippen molar-refractivity contribution in [2.24, 2.45) is 5.92 Å². The van der Waals surface area contributed by atoms with E-state index in [1.54, 1.807) is 9.58 Å². The largest absolute Gasteiger partial charge is 0.396 e. The molecule has 32 heavy (non-hydrogen) atoms. The van der Waals surface area contributed by atoms with Crippen molar-refractivity contribution in [3.8, 4) is 0 Å². The summed E-state index contributed by atoms with van der Waals surface area (Å²) in [6.07, 6.45) is 6.85. The molecule has 0 saturated carbocycles. The lowest BCUT2D eigenvalue weighted by molar-refractivity contribution is -0.139. The first-order valence-electron chi connectivity index (χ1n) is 10.9. The van der Waals surface area contributed by atoms with Crippen LogP contribution in [-0.4, -0.2) is 37.7 Å². The van der Waals surface area contributed by atoms with Gasteiger partial charge in [0.05, 0.1) is 17.9 Å². The number of carbonyl (C=O) groups is 1. The van der Waals surface area contributed by atoms with Crippen LogP contribution in [0.5, 0.6) is 0 Å². The summed E-state index contributed by atoms with van der Waals surface area (Å²) < 4.78 is 1.73. The topological polar surface area (TPSA) is 91.5 Å². The smallest absolute Gasteiger partial charge is 0.264 e. The third-order valence-corrected chi connectivity index (χ3v) is 5.92. The summed E-state index contributed by atoms with van der Waals surface area (Å²) >= 11 is 0. The van der Waals surface area contributed by atoms with Gasteiger partial charge in [-0.25, -0.2) is 0 Å². The average molecular weight is 433 g/mol. The van der Waals surface area contributed by atoms with E-state index in [9.17, 15) is 9.90 Å². The number of rotatable bonds is 9. The molecule has 1 aliphatic heterocycles. The first-order chi connectivity index (χ1) is 15.5. The van der Waals surface area contributed by atoms with Crippen LogP contribution >= 0.6 is 0 Å². The van der Waals surface area contributed by atoms with E-state index in [2.05, 4.69) is 10.3 Å². The summed E-state index contributed by atoms with van der Waals surface area (Å²) in [6.45, 7) is 2.96. The molecule has 2 N–H and O–H groups in total. The Morgan fingerprint density at radius 3 is 2.66 bits per heavy atom. The first-order valence-corrected chi connectivity index (χ1v) is 10.9.